The first kappa shape index (κ1) is 8.85. The average Bonchev–Trinajstić information content (AvgIpc) is 2.72. The molecule has 2 aromatic heterocycles. The number of diazo groups is 1. The normalized spacial score (nSPS) is 9.20. The van der Waals surface area contributed by atoms with Crippen LogP contribution in [0, 0.1) is 12.0 Å². The Kier molecular flexibility index (Phi) is 2.10. The summed E-state index contributed by atoms with van der Waals surface area (Å²) in [6, 6.07) is 5.25. The fourth-order valence-corrected chi connectivity index (χ4v) is 1.15. The predicted octanol–water partition coefficient (Wildman–Crippen LogP) is 2.30. The summed E-state index contributed by atoms with van der Waals surface area (Å²) in [5, 5.41) is 12.7. The molecule has 0 fully saturated rings. The van der Waals surface area contributed by atoms with Crippen LogP contribution in [0.1, 0.15) is 0 Å². The fraction of sp³-hybridized carbons (Fsp3) is 0. The van der Waals surface area contributed by atoms with Gasteiger partial charge >= 0.3 is 11.5 Å². The lowest BCUT2D eigenvalue weighted by molar-refractivity contribution is 0.859. The Morgan fingerprint density at radius 2 is 2.27 bits per heavy atom. The molecule has 0 N–H and O–H groups in total. The van der Waals surface area contributed by atoms with Crippen molar-refractivity contribution in [3.05, 3.63) is 47.0 Å². The van der Waals surface area contributed by atoms with Crippen LogP contribution in [-0.4, -0.2) is 14.8 Å². The Hall–Kier alpha value is -2.73. The molecular formula is C9H5N6+. The molecular weight excluding hydrogens is 192 g/mol. The Bertz CT molecular complexity index is 557. The first-order valence-corrected chi connectivity index (χ1v) is 4.09. The minimum atomic E-state index is 0.0868. The molecule has 0 radical (unpaired) electrons. The Balaban J connectivity index is 2.62. The van der Waals surface area contributed by atoms with Crippen molar-refractivity contribution in [2.24, 2.45) is 0 Å². The molecule has 0 aliphatic carbocycles. The van der Waals surface area contributed by atoms with E-state index in [0.717, 1.165) is 0 Å². The van der Waals surface area contributed by atoms with Gasteiger partial charge in [-0.2, -0.15) is 0 Å². The summed E-state index contributed by atoms with van der Waals surface area (Å²) in [6.45, 7) is 6.84. The minimum Gasteiger partial charge on any atom is -0.226 e. The number of aromatic nitrogens is 3. The van der Waals surface area contributed by atoms with Gasteiger partial charge in [0.1, 0.15) is 0 Å². The SMILES string of the molecule is [C-]#[N+]c1cnn(-c2ccccn2)c1[N+]#N. The van der Waals surface area contributed by atoms with Crippen molar-refractivity contribution in [3.8, 4) is 5.82 Å². The van der Waals surface area contributed by atoms with Crippen molar-refractivity contribution in [2.75, 3.05) is 0 Å². The third-order valence-corrected chi connectivity index (χ3v) is 1.81. The van der Waals surface area contributed by atoms with E-state index in [2.05, 4.69) is 19.9 Å². The van der Waals surface area contributed by atoms with Gasteiger partial charge in [-0.15, -0.1) is 0 Å². The van der Waals surface area contributed by atoms with Gasteiger partial charge in [0.25, 0.3) is 0 Å². The maximum absolute atomic E-state index is 8.77. The zero-order valence-corrected chi connectivity index (χ0v) is 7.57. The number of nitrogens with zero attached hydrogens (tertiary/aromatic N) is 6. The monoisotopic (exact) mass is 197 g/mol. The van der Waals surface area contributed by atoms with Crippen LogP contribution in [0.3, 0.4) is 0 Å². The Morgan fingerprint density at radius 1 is 1.40 bits per heavy atom. The Labute approximate surface area is 85.2 Å². The van der Waals surface area contributed by atoms with Gasteiger partial charge in [-0.1, -0.05) is 15.8 Å². The van der Waals surface area contributed by atoms with E-state index in [9.17, 15) is 0 Å². The maximum atomic E-state index is 8.77. The molecule has 15 heavy (non-hydrogen) atoms. The fourth-order valence-electron chi connectivity index (χ4n) is 1.15. The molecule has 0 atom stereocenters. The minimum absolute atomic E-state index is 0.0868. The number of hydrogen-bond acceptors (Lipinski definition) is 3. The van der Waals surface area contributed by atoms with Gasteiger partial charge in [0.05, 0.1) is 18.2 Å². The third kappa shape index (κ3) is 1.40. The largest absolute Gasteiger partial charge is 0.461 e. The summed E-state index contributed by atoms with van der Waals surface area (Å²) < 4.78 is 1.30. The van der Waals surface area contributed by atoms with Crippen LogP contribution in [0.5, 0.6) is 0 Å². The molecule has 0 aromatic carbocycles. The first-order chi connectivity index (χ1) is 7.36. The van der Waals surface area contributed by atoms with E-state index in [1.54, 1.807) is 24.4 Å². The van der Waals surface area contributed by atoms with Gasteiger partial charge in [-0.05, 0) is 6.07 Å². The Morgan fingerprint density at radius 3 is 2.87 bits per heavy atom. The van der Waals surface area contributed by atoms with Crippen molar-refractivity contribution in [1.29, 1.82) is 5.39 Å². The van der Waals surface area contributed by atoms with Crippen molar-refractivity contribution >= 4 is 11.5 Å². The predicted molar refractivity (Wildman–Crippen MR) is 52.4 cm³/mol. The van der Waals surface area contributed by atoms with Gasteiger partial charge in [0.2, 0.25) is 5.82 Å². The van der Waals surface area contributed by atoms with Crippen molar-refractivity contribution in [2.45, 2.75) is 0 Å². The van der Waals surface area contributed by atoms with E-state index in [1.165, 1.54) is 10.9 Å². The van der Waals surface area contributed by atoms with Crippen LogP contribution < -0.4 is 0 Å². The van der Waals surface area contributed by atoms with Crippen molar-refractivity contribution in [3.63, 3.8) is 0 Å². The standard InChI is InChI=1S/C9H5N6/c1-11-7-6-13-15(9(7)14-10)8-4-2-3-5-12-8/h2-6H/q+1. The van der Waals surface area contributed by atoms with Crippen LogP contribution >= 0.6 is 0 Å². The van der Waals surface area contributed by atoms with Crippen LogP contribution in [0.15, 0.2) is 30.6 Å². The quantitative estimate of drug-likeness (QED) is 0.520. The number of pyridine rings is 1. The first-order valence-electron chi connectivity index (χ1n) is 4.09. The van der Waals surface area contributed by atoms with E-state index in [4.69, 9.17) is 12.0 Å². The topological polar surface area (TPSA) is 63.2 Å². The van der Waals surface area contributed by atoms with Gasteiger partial charge in [0.15, 0.2) is 0 Å². The molecule has 0 amide bonds. The summed E-state index contributed by atoms with van der Waals surface area (Å²) in [7, 11) is 0. The summed E-state index contributed by atoms with van der Waals surface area (Å²) >= 11 is 0. The average molecular weight is 197 g/mol. The van der Waals surface area contributed by atoms with E-state index >= 15 is 0 Å². The molecule has 0 unspecified atom stereocenters. The smallest absolute Gasteiger partial charge is 0.226 e. The van der Waals surface area contributed by atoms with Gasteiger partial charge < -0.3 is 0 Å². The third-order valence-electron chi connectivity index (χ3n) is 1.81. The van der Waals surface area contributed by atoms with Crippen LogP contribution in [-0.2, 0) is 0 Å². The molecule has 0 aliphatic heterocycles. The zero-order chi connectivity index (χ0) is 10.7. The zero-order valence-electron chi connectivity index (χ0n) is 7.57. The van der Waals surface area contributed by atoms with E-state index in [1.807, 2.05) is 0 Å². The summed E-state index contributed by atoms with van der Waals surface area (Å²) in [5.74, 6) is 0.587. The molecule has 6 heteroatoms. The number of rotatable bonds is 1. The highest BCUT2D eigenvalue weighted by molar-refractivity contribution is 5.67. The summed E-state index contributed by atoms with van der Waals surface area (Å²) in [6.07, 6.45) is 2.92. The van der Waals surface area contributed by atoms with Crippen LogP contribution in [0.2, 0.25) is 0 Å². The highest BCUT2D eigenvalue weighted by Gasteiger charge is 2.24. The second-order valence-electron chi connectivity index (χ2n) is 2.66. The summed E-state index contributed by atoms with van der Waals surface area (Å²) in [5.41, 5.74) is 0.183. The lowest BCUT2D eigenvalue weighted by Crippen LogP contribution is -1.96. The second kappa shape index (κ2) is 3.56. The molecule has 2 heterocycles. The number of hydrogen-bond donors (Lipinski definition) is 0. The van der Waals surface area contributed by atoms with E-state index < -0.39 is 0 Å². The molecule has 2 aromatic rings. The highest BCUT2D eigenvalue weighted by Crippen LogP contribution is 2.29. The lowest BCUT2D eigenvalue weighted by atomic mass is 10.4. The maximum Gasteiger partial charge on any atom is 0.461 e. The molecule has 0 saturated heterocycles. The highest BCUT2D eigenvalue weighted by atomic mass is 15.4. The van der Waals surface area contributed by atoms with Gasteiger partial charge in [-0.25, -0.2) is 9.83 Å². The molecule has 0 spiro atoms. The van der Waals surface area contributed by atoms with E-state index in [-0.39, 0.29) is 11.5 Å². The second-order valence-corrected chi connectivity index (χ2v) is 2.66. The van der Waals surface area contributed by atoms with Crippen molar-refractivity contribution < 1.29 is 0 Å². The molecule has 70 valence electrons. The molecule has 0 aliphatic rings. The van der Waals surface area contributed by atoms with Gasteiger partial charge in [0, 0.05) is 17.2 Å². The van der Waals surface area contributed by atoms with Gasteiger partial charge in [-0.3, -0.25) is 0 Å². The molecule has 0 saturated carbocycles. The molecule has 6 nitrogen and oxygen atoms in total. The van der Waals surface area contributed by atoms with Crippen LogP contribution in [0.25, 0.3) is 15.6 Å². The van der Waals surface area contributed by atoms with Crippen LogP contribution in [0.4, 0.5) is 11.5 Å². The molecule has 0 bridgehead atoms. The molecule has 2 rings (SSSR count). The lowest BCUT2D eigenvalue weighted by Gasteiger charge is -1.90. The van der Waals surface area contributed by atoms with Crippen molar-refractivity contribution in [1.82, 2.24) is 14.8 Å². The van der Waals surface area contributed by atoms with E-state index in [0.29, 0.717) is 5.82 Å². The summed E-state index contributed by atoms with van der Waals surface area (Å²) in [4.78, 5) is 10.2.